The Morgan fingerprint density at radius 3 is 2.60 bits per heavy atom. The first-order valence-electron chi connectivity index (χ1n) is 11.4. The van der Waals surface area contributed by atoms with Crippen molar-refractivity contribution in [1.29, 1.82) is 0 Å². The standard InChI is InChI=1S/C26H26BrF2N3O3/c1-15-20(11-16-4-6-17(7-5-16)13-31-25(33)22-3-2-10-30-22)24(23(27)26(34)32-15)35-14-18-8-9-19(28)12-21(18)29/h4-9,12,22,30H,2-3,10-11,13-14H2,1H3,(H,31,33)(H,32,34)/t22-/m0/s1. The Balaban J connectivity index is 1.47. The number of amides is 1. The number of carbonyl (C=O) groups excluding carboxylic acids is 1. The van der Waals surface area contributed by atoms with E-state index in [0.717, 1.165) is 48.2 Å². The Labute approximate surface area is 210 Å². The van der Waals surface area contributed by atoms with Crippen LogP contribution in [0.25, 0.3) is 0 Å². The van der Waals surface area contributed by atoms with Crippen LogP contribution in [0.15, 0.2) is 51.7 Å². The van der Waals surface area contributed by atoms with Gasteiger partial charge in [0.15, 0.2) is 0 Å². The van der Waals surface area contributed by atoms with E-state index in [1.807, 2.05) is 24.3 Å². The molecular formula is C26H26BrF2N3O3. The van der Waals surface area contributed by atoms with Gasteiger partial charge in [-0.05, 0) is 65.5 Å². The van der Waals surface area contributed by atoms with Gasteiger partial charge in [-0.1, -0.05) is 24.3 Å². The Hall–Kier alpha value is -3.04. The first kappa shape index (κ1) is 25.1. The van der Waals surface area contributed by atoms with Crippen LogP contribution in [0.5, 0.6) is 5.75 Å². The fourth-order valence-corrected chi connectivity index (χ4v) is 4.51. The third kappa shape index (κ3) is 6.15. The van der Waals surface area contributed by atoms with Crippen LogP contribution in [-0.4, -0.2) is 23.5 Å². The third-order valence-corrected chi connectivity index (χ3v) is 6.78. The summed E-state index contributed by atoms with van der Waals surface area (Å²) in [7, 11) is 0. The lowest BCUT2D eigenvalue weighted by molar-refractivity contribution is -0.122. The smallest absolute Gasteiger partial charge is 0.266 e. The molecule has 2 heterocycles. The van der Waals surface area contributed by atoms with Crippen molar-refractivity contribution >= 4 is 21.8 Å². The number of halogens is 3. The number of carbonyl (C=O) groups is 1. The summed E-state index contributed by atoms with van der Waals surface area (Å²) >= 11 is 3.29. The molecule has 9 heteroatoms. The number of aryl methyl sites for hydroxylation is 1. The zero-order chi connectivity index (χ0) is 24.9. The maximum atomic E-state index is 14.1. The van der Waals surface area contributed by atoms with Crippen LogP contribution in [-0.2, 0) is 24.4 Å². The third-order valence-electron chi connectivity index (χ3n) is 6.06. The Morgan fingerprint density at radius 1 is 1.17 bits per heavy atom. The van der Waals surface area contributed by atoms with Gasteiger partial charge < -0.3 is 20.4 Å². The molecule has 1 amide bonds. The minimum atomic E-state index is -0.712. The van der Waals surface area contributed by atoms with Crippen molar-refractivity contribution in [3.63, 3.8) is 0 Å². The first-order valence-corrected chi connectivity index (χ1v) is 12.2. The molecule has 1 atom stereocenters. The lowest BCUT2D eigenvalue weighted by Crippen LogP contribution is -2.39. The maximum Gasteiger partial charge on any atom is 0.266 e. The second-order valence-electron chi connectivity index (χ2n) is 8.59. The Bertz CT molecular complexity index is 1270. The number of hydrogen-bond acceptors (Lipinski definition) is 4. The summed E-state index contributed by atoms with van der Waals surface area (Å²) in [6, 6.07) is 11.0. The van der Waals surface area contributed by atoms with E-state index < -0.39 is 11.6 Å². The van der Waals surface area contributed by atoms with E-state index in [2.05, 4.69) is 31.5 Å². The van der Waals surface area contributed by atoms with E-state index in [1.54, 1.807) is 6.92 Å². The summed E-state index contributed by atoms with van der Waals surface area (Å²) in [6.45, 7) is 2.93. The molecule has 6 nitrogen and oxygen atoms in total. The first-order chi connectivity index (χ1) is 16.8. The second-order valence-corrected chi connectivity index (χ2v) is 9.38. The highest BCUT2D eigenvalue weighted by Gasteiger charge is 2.21. The van der Waals surface area contributed by atoms with Gasteiger partial charge in [0, 0.05) is 35.9 Å². The molecule has 35 heavy (non-hydrogen) atoms. The van der Waals surface area contributed by atoms with Crippen LogP contribution in [0, 0.1) is 18.6 Å². The molecule has 0 bridgehead atoms. The van der Waals surface area contributed by atoms with Crippen LogP contribution in [0.2, 0.25) is 0 Å². The molecular weight excluding hydrogens is 520 g/mol. The van der Waals surface area contributed by atoms with Crippen molar-refractivity contribution in [2.45, 2.75) is 45.4 Å². The van der Waals surface area contributed by atoms with Crippen molar-refractivity contribution in [3.05, 3.63) is 96.9 Å². The van der Waals surface area contributed by atoms with Gasteiger partial charge in [-0.2, -0.15) is 0 Å². The normalized spacial score (nSPS) is 15.3. The van der Waals surface area contributed by atoms with E-state index in [9.17, 15) is 18.4 Å². The number of hydrogen-bond donors (Lipinski definition) is 3. The summed E-state index contributed by atoms with van der Waals surface area (Å²) < 4.78 is 33.4. The van der Waals surface area contributed by atoms with Crippen LogP contribution >= 0.6 is 15.9 Å². The molecule has 0 saturated carbocycles. The minimum absolute atomic E-state index is 0.0136. The highest BCUT2D eigenvalue weighted by molar-refractivity contribution is 9.10. The van der Waals surface area contributed by atoms with Gasteiger partial charge in [0.2, 0.25) is 5.91 Å². The van der Waals surface area contributed by atoms with Crippen molar-refractivity contribution < 1.29 is 18.3 Å². The van der Waals surface area contributed by atoms with Crippen molar-refractivity contribution in [3.8, 4) is 5.75 Å². The monoisotopic (exact) mass is 545 g/mol. The molecule has 1 aromatic heterocycles. The van der Waals surface area contributed by atoms with Gasteiger partial charge in [0.25, 0.3) is 5.56 Å². The molecule has 184 valence electrons. The van der Waals surface area contributed by atoms with Crippen LogP contribution in [0.1, 0.15) is 40.8 Å². The summed E-state index contributed by atoms with van der Waals surface area (Å²) in [5, 5.41) is 6.14. The van der Waals surface area contributed by atoms with Gasteiger partial charge in [0.05, 0.1) is 6.04 Å². The molecule has 3 N–H and O–H groups in total. The van der Waals surface area contributed by atoms with E-state index in [0.29, 0.717) is 24.4 Å². The molecule has 1 fully saturated rings. The molecule has 1 aliphatic heterocycles. The summed E-state index contributed by atoms with van der Waals surface area (Å²) in [4.78, 5) is 27.3. The van der Waals surface area contributed by atoms with Gasteiger partial charge in [0.1, 0.15) is 28.5 Å². The summed E-state index contributed by atoms with van der Waals surface area (Å²) in [5.41, 5.74) is 3.14. The van der Waals surface area contributed by atoms with Gasteiger partial charge >= 0.3 is 0 Å². The van der Waals surface area contributed by atoms with Crippen LogP contribution < -0.4 is 20.9 Å². The molecule has 4 rings (SSSR count). The van der Waals surface area contributed by atoms with E-state index >= 15 is 0 Å². The van der Waals surface area contributed by atoms with Gasteiger partial charge in [-0.25, -0.2) is 8.78 Å². The average molecular weight is 546 g/mol. The maximum absolute atomic E-state index is 14.1. The fourth-order valence-electron chi connectivity index (χ4n) is 4.06. The predicted octanol–water partition coefficient (Wildman–Crippen LogP) is 4.26. The van der Waals surface area contributed by atoms with E-state index in [1.165, 1.54) is 6.07 Å². The van der Waals surface area contributed by atoms with Gasteiger partial charge in [-0.3, -0.25) is 9.59 Å². The second kappa shape index (κ2) is 11.1. The number of nitrogens with one attached hydrogen (secondary N) is 3. The average Bonchev–Trinajstić information content (AvgIpc) is 3.38. The number of rotatable bonds is 8. The predicted molar refractivity (Wildman–Crippen MR) is 132 cm³/mol. The SMILES string of the molecule is Cc1[nH]c(=O)c(Br)c(OCc2ccc(F)cc2F)c1Cc1ccc(CNC(=O)[C@@H]2CCCN2)cc1. The highest BCUT2D eigenvalue weighted by atomic mass is 79.9. The number of aromatic amines is 1. The lowest BCUT2D eigenvalue weighted by atomic mass is 10.0. The zero-order valence-electron chi connectivity index (χ0n) is 19.2. The summed E-state index contributed by atoms with van der Waals surface area (Å²) in [5.74, 6) is -1.05. The Kier molecular flexibility index (Phi) is 7.97. The number of ether oxygens (including phenoxy) is 1. The number of aromatic nitrogens is 1. The number of pyridine rings is 1. The highest BCUT2D eigenvalue weighted by Crippen LogP contribution is 2.31. The van der Waals surface area contributed by atoms with Gasteiger partial charge in [-0.15, -0.1) is 0 Å². The zero-order valence-corrected chi connectivity index (χ0v) is 20.8. The van der Waals surface area contributed by atoms with Crippen molar-refractivity contribution in [1.82, 2.24) is 15.6 Å². The lowest BCUT2D eigenvalue weighted by Gasteiger charge is -2.16. The molecule has 0 unspecified atom stereocenters. The molecule has 3 aromatic rings. The molecule has 0 radical (unpaired) electrons. The largest absolute Gasteiger partial charge is 0.487 e. The summed E-state index contributed by atoms with van der Waals surface area (Å²) in [6.07, 6.45) is 2.33. The molecule has 2 aromatic carbocycles. The van der Waals surface area contributed by atoms with Crippen molar-refractivity contribution in [2.24, 2.45) is 0 Å². The molecule has 0 spiro atoms. The minimum Gasteiger partial charge on any atom is -0.487 e. The molecule has 1 aliphatic rings. The topological polar surface area (TPSA) is 83.2 Å². The van der Waals surface area contributed by atoms with E-state index in [-0.39, 0.29) is 34.2 Å². The fraction of sp³-hybridized carbons (Fsp3) is 0.308. The number of H-pyrrole nitrogens is 1. The quantitative estimate of drug-likeness (QED) is 0.395. The van der Waals surface area contributed by atoms with Crippen molar-refractivity contribution in [2.75, 3.05) is 6.54 Å². The van der Waals surface area contributed by atoms with Crippen LogP contribution in [0.3, 0.4) is 0 Å². The van der Waals surface area contributed by atoms with Crippen LogP contribution in [0.4, 0.5) is 8.78 Å². The van der Waals surface area contributed by atoms with E-state index in [4.69, 9.17) is 4.74 Å². The number of benzene rings is 2. The molecule has 0 aliphatic carbocycles. The molecule has 1 saturated heterocycles. The Morgan fingerprint density at radius 2 is 1.91 bits per heavy atom.